The lowest BCUT2D eigenvalue weighted by molar-refractivity contribution is -0.361. The van der Waals surface area contributed by atoms with Gasteiger partial charge in [0.05, 0.1) is 22.1 Å². The van der Waals surface area contributed by atoms with E-state index >= 15 is 0 Å². The maximum atomic E-state index is 13.4. The second kappa shape index (κ2) is 5.60. The summed E-state index contributed by atoms with van der Waals surface area (Å²) in [6.07, 6.45) is 12.4. The molecule has 4 rings (SSSR count). The molecule has 0 spiro atoms. The molecule has 0 amide bonds. The molecule has 142 valence electrons. The molecule has 1 aromatic rings. The number of benzene rings is 1. The third kappa shape index (κ3) is 2.75. The molecule has 27 heavy (non-hydrogen) atoms. The van der Waals surface area contributed by atoms with E-state index in [1.54, 1.807) is 0 Å². The minimum Gasteiger partial charge on any atom is -0.618 e. The van der Waals surface area contributed by atoms with Crippen LogP contribution in [0.3, 0.4) is 0 Å². The van der Waals surface area contributed by atoms with E-state index in [2.05, 4.69) is 65.0 Å². The number of allylic oxidation sites excluding steroid dienone is 3. The molecule has 0 saturated carbocycles. The van der Waals surface area contributed by atoms with Crippen LogP contribution in [0.2, 0.25) is 0 Å². The van der Waals surface area contributed by atoms with Crippen molar-refractivity contribution in [1.82, 2.24) is 0 Å². The summed E-state index contributed by atoms with van der Waals surface area (Å²) in [5, 5.41) is 13.4. The highest BCUT2D eigenvalue weighted by Gasteiger charge is 2.49. The first-order valence-electron chi connectivity index (χ1n) is 9.82. The minimum atomic E-state index is -0.375. The first kappa shape index (κ1) is 18.1. The van der Waals surface area contributed by atoms with Crippen molar-refractivity contribution in [3.8, 4) is 5.75 Å². The van der Waals surface area contributed by atoms with Gasteiger partial charge in [-0.15, -0.1) is 0 Å². The van der Waals surface area contributed by atoms with Crippen molar-refractivity contribution >= 4 is 23.0 Å². The van der Waals surface area contributed by atoms with E-state index in [0.29, 0.717) is 0 Å². The topological polar surface area (TPSA) is 35.3 Å². The molecule has 0 aromatic heterocycles. The van der Waals surface area contributed by atoms with Gasteiger partial charge in [-0.2, -0.15) is 4.74 Å². The van der Waals surface area contributed by atoms with Crippen molar-refractivity contribution in [3.63, 3.8) is 0 Å². The molecule has 0 N–H and O–H groups in total. The number of hydrogen-bond acceptors (Lipinski definition) is 2. The molecule has 1 aromatic carbocycles. The molecular weight excluding hydrogens is 334 g/mol. The van der Waals surface area contributed by atoms with Crippen LogP contribution in [0.1, 0.15) is 65.5 Å². The minimum absolute atomic E-state index is 0.0675. The average molecular weight is 364 g/mol. The highest BCUT2D eigenvalue weighted by atomic mass is 16.5. The van der Waals surface area contributed by atoms with Gasteiger partial charge in [0.1, 0.15) is 11.4 Å². The summed E-state index contributed by atoms with van der Waals surface area (Å²) >= 11 is 0. The van der Waals surface area contributed by atoms with Gasteiger partial charge in [0.2, 0.25) is 11.4 Å². The van der Waals surface area contributed by atoms with E-state index in [9.17, 15) is 5.21 Å². The summed E-state index contributed by atoms with van der Waals surface area (Å²) < 4.78 is 7.47. The Balaban J connectivity index is 1.88. The first-order valence-corrected chi connectivity index (χ1v) is 9.82. The van der Waals surface area contributed by atoms with E-state index < -0.39 is 0 Å². The summed E-state index contributed by atoms with van der Waals surface area (Å²) in [6, 6.07) is 4.09. The molecule has 1 atom stereocenters. The van der Waals surface area contributed by atoms with Crippen LogP contribution in [0.4, 0.5) is 5.69 Å². The van der Waals surface area contributed by atoms with Crippen molar-refractivity contribution in [2.24, 2.45) is 10.8 Å². The van der Waals surface area contributed by atoms with Gasteiger partial charge < -0.3 is 9.94 Å². The fourth-order valence-electron chi connectivity index (χ4n) is 5.08. The van der Waals surface area contributed by atoms with Gasteiger partial charge in [-0.25, -0.2) is 0 Å². The fraction of sp³-hybridized carbons (Fsp3) is 0.458. The summed E-state index contributed by atoms with van der Waals surface area (Å²) in [5.74, 6) is 0.793. The van der Waals surface area contributed by atoms with Gasteiger partial charge in [-0.1, -0.05) is 32.1 Å². The average Bonchev–Trinajstić information content (AvgIpc) is 2.84. The molecule has 0 bridgehead atoms. The second-order valence-electron chi connectivity index (χ2n) is 9.65. The van der Waals surface area contributed by atoms with E-state index in [1.807, 2.05) is 19.1 Å². The lowest BCUT2D eigenvalue weighted by Crippen LogP contribution is -2.36. The van der Waals surface area contributed by atoms with E-state index in [-0.39, 0.29) is 16.4 Å². The zero-order chi connectivity index (χ0) is 19.6. The van der Waals surface area contributed by atoms with Crippen molar-refractivity contribution in [1.29, 1.82) is 0 Å². The van der Waals surface area contributed by atoms with Gasteiger partial charge in [0, 0.05) is 6.42 Å². The second-order valence-corrected chi connectivity index (χ2v) is 9.65. The molecule has 0 radical (unpaired) electrons. The summed E-state index contributed by atoms with van der Waals surface area (Å²) in [5.41, 5.74) is 4.19. The number of rotatable bonds is 2. The van der Waals surface area contributed by atoms with Crippen molar-refractivity contribution in [3.05, 3.63) is 52.8 Å². The van der Waals surface area contributed by atoms with Crippen LogP contribution >= 0.6 is 0 Å². The Morgan fingerprint density at radius 1 is 1.19 bits per heavy atom. The van der Waals surface area contributed by atoms with Crippen LogP contribution in [0, 0.1) is 16.0 Å². The quantitative estimate of drug-likeness (QED) is 0.353. The SMILES string of the molecule is C/C=C/CC1(C)C=Cc2c(ccc3c2[N+]([O-])=C2C3=CC(C)(C)CC2(C)C)O1. The molecule has 1 unspecified atom stereocenters. The Morgan fingerprint density at radius 2 is 1.93 bits per heavy atom. The largest absolute Gasteiger partial charge is 0.618 e. The highest BCUT2D eigenvalue weighted by Crippen LogP contribution is 2.53. The van der Waals surface area contributed by atoms with Crippen LogP contribution in [-0.4, -0.2) is 16.1 Å². The van der Waals surface area contributed by atoms with E-state index in [1.165, 1.54) is 0 Å². The monoisotopic (exact) mass is 363 g/mol. The molecule has 0 saturated heterocycles. The summed E-state index contributed by atoms with van der Waals surface area (Å²) in [7, 11) is 0. The number of hydrogen-bond donors (Lipinski definition) is 0. The normalized spacial score (nSPS) is 27.1. The Bertz CT molecular complexity index is 943. The van der Waals surface area contributed by atoms with Crippen molar-refractivity contribution in [2.75, 3.05) is 0 Å². The molecule has 3 nitrogen and oxygen atoms in total. The maximum Gasteiger partial charge on any atom is 0.235 e. The summed E-state index contributed by atoms with van der Waals surface area (Å²) in [6.45, 7) is 13.0. The van der Waals surface area contributed by atoms with Gasteiger partial charge in [0.25, 0.3) is 0 Å². The van der Waals surface area contributed by atoms with Gasteiger partial charge in [-0.3, -0.25) is 0 Å². The molecule has 3 aliphatic rings. The van der Waals surface area contributed by atoms with Crippen LogP contribution in [0.15, 0.2) is 36.4 Å². The van der Waals surface area contributed by atoms with Crippen molar-refractivity contribution in [2.45, 2.75) is 60.0 Å². The van der Waals surface area contributed by atoms with E-state index in [4.69, 9.17) is 4.74 Å². The molecule has 1 aliphatic carbocycles. The summed E-state index contributed by atoms with van der Waals surface area (Å²) in [4.78, 5) is 0. The maximum absolute atomic E-state index is 13.4. The van der Waals surface area contributed by atoms with E-state index in [0.717, 1.165) is 51.4 Å². The Kier molecular flexibility index (Phi) is 3.76. The number of fused-ring (bicyclic) bond motifs is 5. The predicted octanol–water partition coefficient (Wildman–Crippen LogP) is 6.25. The third-order valence-corrected chi connectivity index (χ3v) is 5.91. The Labute approximate surface area is 162 Å². The van der Waals surface area contributed by atoms with Gasteiger partial charge in [0.15, 0.2) is 0 Å². The number of nitrogens with zero attached hydrogens (tertiary/aromatic N) is 1. The molecule has 2 aliphatic heterocycles. The van der Waals surface area contributed by atoms with Crippen LogP contribution in [0.25, 0.3) is 11.6 Å². The third-order valence-electron chi connectivity index (χ3n) is 5.91. The standard InChI is InChI=1S/C24H29NO2/c1-7-8-12-24(6)13-11-17-19(27-24)10-9-16-18-14-22(2,3)15-23(4,5)21(18)25(26)20(16)17/h7-11,13-14H,12,15H2,1-6H3/b8-7+. The fourth-order valence-corrected chi connectivity index (χ4v) is 5.08. The van der Waals surface area contributed by atoms with Gasteiger partial charge >= 0.3 is 0 Å². The van der Waals surface area contributed by atoms with Crippen LogP contribution in [-0.2, 0) is 0 Å². The Hall–Kier alpha value is -2.29. The molecular formula is C24H29NO2. The molecule has 0 fully saturated rings. The molecule has 3 heteroatoms. The number of ether oxygens (including phenoxy) is 1. The van der Waals surface area contributed by atoms with Crippen LogP contribution in [0.5, 0.6) is 5.75 Å². The zero-order valence-corrected chi connectivity index (χ0v) is 17.2. The highest BCUT2D eigenvalue weighted by molar-refractivity contribution is 6.28. The first-order chi connectivity index (χ1) is 12.6. The van der Waals surface area contributed by atoms with Crippen LogP contribution < -0.4 is 4.74 Å². The molecule has 2 heterocycles. The lowest BCUT2D eigenvalue weighted by Gasteiger charge is -2.36. The smallest absolute Gasteiger partial charge is 0.235 e. The van der Waals surface area contributed by atoms with Gasteiger partial charge in [-0.05, 0) is 63.8 Å². The Morgan fingerprint density at radius 3 is 2.63 bits per heavy atom. The predicted molar refractivity (Wildman–Crippen MR) is 112 cm³/mol. The lowest BCUT2D eigenvalue weighted by atomic mass is 9.65. The van der Waals surface area contributed by atoms with Crippen molar-refractivity contribution < 1.29 is 9.48 Å². The zero-order valence-electron chi connectivity index (χ0n) is 17.2.